The highest BCUT2D eigenvalue weighted by Crippen LogP contribution is 2.51. The summed E-state index contributed by atoms with van der Waals surface area (Å²) in [6, 6.07) is 27.6. The third-order valence-corrected chi connectivity index (χ3v) is 9.27. The Balaban J connectivity index is 1.39. The number of aromatic nitrogens is 2. The van der Waals surface area contributed by atoms with E-state index in [0.29, 0.717) is 49.7 Å². The molecule has 46 heavy (non-hydrogen) atoms. The summed E-state index contributed by atoms with van der Waals surface area (Å²) in [5.41, 5.74) is 3.44. The molecule has 0 saturated carbocycles. The number of aryl methyl sites for hydroxylation is 1. The van der Waals surface area contributed by atoms with Crippen molar-refractivity contribution in [2.24, 2.45) is 0 Å². The predicted octanol–water partition coefficient (Wildman–Crippen LogP) is 11.5. The molecule has 0 unspecified atom stereocenters. The van der Waals surface area contributed by atoms with Crippen LogP contribution in [0.4, 0.5) is 0 Å². The van der Waals surface area contributed by atoms with Crippen molar-refractivity contribution in [3.05, 3.63) is 156 Å². The molecule has 0 atom stereocenters. The first-order chi connectivity index (χ1) is 27.4. The van der Waals surface area contributed by atoms with Gasteiger partial charge in [-0.3, -0.25) is 4.57 Å². The Labute approximate surface area is 286 Å². The van der Waals surface area contributed by atoms with Crippen LogP contribution in [-0.4, -0.2) is 9.55 Å². The summed E-state index contributed by atoms with van der Waals surface area (Å²) >= 11 is 0. The van der Waals surface area contributed by atoms with Crippen molar-refractivity contribution in [3.8, 4) is 39.1 Å². The monoisotopic (exact) mass is 602 g/mol. The first-order valence-electron chi connectivity index (χ1n) is 21.2. The van der Waals surface area contributed by atoms with Crippen LogP contribution in [0.3, 0.4) is 0 Å². The Morgan fingerprint density at radius 2 is 1.30 bits per heavy atom. The zero-order valence-electron chi connectivity index (χ0n) is 37.1. The summed E-state index contributed by atoms with van der Waals surface area (Å²) in [6.45, 7) is 0.550. The number of hydrogen-bond acceptors (Lipinski definition) is 1. The molecule has 0 bridgehead atoms. The number of hydrogen-bond donors (Lipinski definition) is 0. The van der Waals surface area contributed by atoms with Crippen LogP contribution >= 0.6 is 0 Å². The van der Waals surface area contributed by atoms with Crippen LogP contribution in [0.15, 0.2) is 139 Å². The normalized spacial score (nSPS) is 17.7. The first-order valence-corrected chi connectivity index (χ1v) is 15.2. The van der Waals surface area contributed by atoms with Gasteiger partial charge in [0.2, 0.25) is 0 Å². The number of benzene rings is 7. The fourth-order valence-electron chi connectivity index (χ4n) is 7.20. The van der Waals surface area contributed by atoms with Crippen molar-refractivity contribution < 1.29 is 16.4 Å². The van der Waals surface area contributed by atoms with E-state index in [2.05, 4.69) is 4.98 Å². The smallest absolute Gasteiger partial charge is 0.114 e. The molecule has 0 N–H and O–H groups in total. The second-order valence-electron chi connectivity index (χ2n) is 12.1. The van der Waals surface area contributed by atoms with Gasteiger partial charge in [-0.1, -0.05) is 136 Å². The van der Waals surface area contributed by atoms with Gasteiger partial charge >= 0.3 is 0 Å². The largest absolute Gasteiger partial charge is 0.296 e. The lowest BCUT2D eigenvalue weighted by atomic mass is 9.80. The fourth-order valence-corrected chi connectivity index (χ4v) is 7.20. The van der Waals surface area contributed by atoms with E-state index in [-0.39, 0.29) is 52.7 Å². The van der Waals surface area contributed by atoms with Crippen molar-refractivity contribution in [1.82, 2.24) is 9.55 Å². The lowest BCUT2D eigenvalue weighted by molar-refractivity contribution is 0.660. The van der Waals surface area contributed by atoms with Crippen LogP contribution < -0.4 is 0 Å². The van der Waals surface area contributed by atoms with Gasteiger partial charge in [-0.25, -0.2) is 4.98 Å². The quantitative estimate of drug-likeness (QED) is 0.183. The molecule has 2 nitrogen and oxygen atoms in total. The Morgan fingerprint density at radius 1 is 0.674 bits per heavy atom. The highest BCUT2D eigenvalue weighted by Gasteiger charge is 2.35. The van der Waals surface area contributed by atoms with Gasteiger partial charge in [-0.2, -0.15) is 0 Å². The van der Waals surface area contributed by atoms with E-state index in [4.69, 9.17) is 12.3 Å². The lowest BCUT2D eigenvalue weighted by Gasteiger charge is -2.23. The van der Waals surface area contributed by atoms with E-state index in [9.17, 15) is 4.11 Å². The summed E-state index contributed by atoms with van der Waals surface area (Å²) in [5.74, 6) is -0.268. The molecule has 2 heteroatoms. The highest BCUT2D eigenvalue weighted by atomic mass is 15.1. The van der Waals surface area contributed by atoms with Gasteiger partial charge in [-0.15, -0.1) is 0 Å². The standard InChI is InChI=1S/C44H34N2/c1-4-41-45-38-22-12-14-24-40(38)46(41)39-23-13-10-20-35(39)43-33-18-7-5-16-31(33)42(32-17-6-8-19-34(32)43)28-25-26-30-29-15-9-11-21-36(29)44(2,3)37(30)27-28/h5-27H,4H2,1-3H3/i1D3,4D2,9D,11D,15D,21D,25D,26D,27D. The maximum absolute atomic E-state index is 9.88. The van der Waals surface area contributed by atoms with Crippen molar-refractivity contribution >= 4 is 32.6 Å². The van der Waals surface area contributed by atoms with E-state index in [0.717, 1.165) is 16.3 Å². The molecule has 1 aromatic heterocycles. The summed E-state index contributed by atoms with van der Waals surface area (Å²) in [6.07, 6.45) is -2.83. The van der Waals surface area contributed by atoms with Crippen LogP contribution in [0, 0.1) is 0 Å². The maximum atomic E-state index is 9.88. The Hall–Kier alpha value is -5.47. The molecule has 1 aliphatic rings. The van der Waals surface area contributed by atoms with Gasteiger partial charge in [0.1, 0.15) is 5.82 Å². The molecule has 0 aliphatic heterocycles. The van der Waals surface area contributed by atoms with Gasteiger partial charge in [0.05, 0.1) is 26.3 Å². The molecule has 0 amide bonds. The summed E-state index contributed by atoms with van der Waals surface area (Å²) in [7, 11) is 0. The van der Waals surface area contributed by atoms with Gasteiger partial charge in [-0.05, 0) is 84.7 Å². The number of para-hydroxylation sites is 3. The third kappa shape index (κ3) is 3.74. The molecule has 9 rings (SSSR count). The third-order valence-electron chi connectivity index (χ3n) is 9.27. The van der Waals surface area contributed by atoms with E-state index in [1.807, 2.05) is 66.7 Å². The van der Waals surface area contributed by atoms with Crippen molar-refractivity contribution in [3.63, 3.8) is 0 Å². The average molecular weight is 603 g/mol. The molecule has 1 aliphatic carbocycles. The Bertz CT molecular complexity index is 3030. The second kappa shape index (κ2) is 10.0. The fraction of sp³-hybridized carbons (Fsp3) is 0.114. The molecule has 0 saturated heterocycles. The van der Waals surface area contributed by atoms with Gasteiger partial charge in [0, 0.05) is 24.2 Å². The van der Waals surface area contributed by atoms with Crippen molar-refractivity contribution in [2.45, 2.75) is 32.5 Å². The zero-order valence-corrected chi connectivity index (χ0v) is 25.1. The molecule has 0 fully saturated rings. The van der Waals surface area contributed by atoms with Crippen molar-refractivity contribution in [1.29, 1.82) is 0 Å². The van der Waals surface area contributed by atoms with Crippen molar-refractivity contribution in [2.75, 3.05) is 0 Å². The first kappa shape index (κ1) is 17.3. The Morgan fingerprint density at radius 3 is 2.07 bits per heavy atom. The van der Waals surface area contributed by atoms with Crippen LogP contribution in [0.25, 0.3) is 71.6 Å². The molecule has 0 radical (unpaired) electrons. The van der Waals surface area contributed by atoms with Crippen LogP contribution in [0.1, 0.15) is 54.1 Å². The highest BCUT2D eigenvalue weighted by molar-refractivity contribution is 6.22. The topological polar surface area (TPSA) is 17.8 Å². The molecule has 8 aromatic rings. The van der Waals surface area contributed by atoms with E-state index < -0.39 is 30.7 Å². The maximum Gasteiger partial charge on any atom is 0.114 e. The molecule has 1 heterocycles. The average Bonchev–Trinajstić information content (AvgIpc) is 3.71. The second-order valence-corrected chi connectivity index (χ2v) is 12.1. The number of fused-ring (bicyclic) bond motifs is 6. The number of nitrogens with zero attached hydrogens (tertiary/aromatic N) is 2. The summed E-state index contributed by atoms with van der Waals surface area (Å²) < 4.78 is 107. The number of imidazole rings is 1. The van der Waals surface area contributed by atoms with Crippen LogP contribution in [0.2, 0.25) is 0 Å². The van der Waals surface area contributed by atoms with Gasteiger partial charge in [0.25, 0.3) is 0 Å². The minimum absolute atomic E-state index is 0.0426. The van der Waals surface area contributed by atoms with E-state index in [1.54, 1.807) is 48.7 Å². The summed E-state index contributed by atoms with van der Waals surface area (Å²) in [4.78, 5) is 4.57. The Kier molecular flexibility index (Phi) is 3.77. The van der Waals surface area contributed by atoms with Crippen LogP contribution in [-0.2, 0) is 11.8 Å². The summed E-state index contributed by atoms with van der Waals surface area (Å²) in [5, 5.41) is 2.78. The molecular weight excluding hydrogens is 556 g/mol. The molecule has 220 valence electrons. The van der Waals surface area contributed by atoms with Crippen LogP contribution in [0.5, 0.6) is 0 Å². The number of rotatable bonds is 4. The molecule has 0 spiro atoms. The van der Waals surface area contributed by atoms with Gasteiger partial charge < -0.3 is 0 Å². The SMILES string of the molecule is [2H]c1c([2H])c([2H])c2c(c1[2H])-c1c([2H])c([2H])c(-c3c4ccccc4c(-c4ccccc4-n4c(C([2H])([2H])C([2H])([2H])[2H])nc5ccccc54)c4ccccc34)c([2H])c1C2(C)C. The van der Waals surface area contributed by atoms with E-state index >= 15 is 0 Å². The minimum Gasteiger partial charge on any atom is -0.296 e. The molecule has 7 aromatic carbocycles. The lowest BCUT2D eigenvalue weighted by Crippen LogP contribution is -2.14. The minimum atomic E-state index is -3.04. The molecular formula is C44H34N2. The van der Waals surface area contributed by atoms with E-state index in [1.165, 1.54) is 0 Å². The van der Waals surface area contributed by atoms with Gasteiger partial charge in [0.15, 0.2) is 0 Å². The predicted molar refractivity (Wildman–Crippen MR) is 194 cm³/mol. The zero-order chi connectivity index (χ0) is 41.4.